The van der Waals surface area contributed by atoms with E-state index in [1.807, 2.05) is 12.1 Å². The third-order valence-corrected chi connectivity index (χ3v) is 6.81. The van der Waals surface area contributed by atoms with Crippen LogP contribution in [-0.4, -0.2) is 22.6 Å². The first-order valence-electron chi connectivity index (χ1n) is 9.14. The van der Waals surface area contributed by atoms with Gasteiger partial charge in [0.1, 0.15) is 5.75 Å². The molecule has 0 spiro atoms. The van der Waals surface area contributed by atoms with E-state index in [9.17, 15) is 5.11 Å². The Morgan fingerprint density at radius 2 is 1.92 bits per heavy atom. The molecule has 0 unspecified atom stereocenters. The van der Waals surface area contributed by atoms with Crippen molar-refractivity contribution in [3.05, 3.63) is 65.2 Å². The minimum Gasteiger partial charge on any atom is -0.508 e. The number of phenols is 1. The fraction of sp³-hybridized carbons (Fsp3) is 0.455. The number of hydrogen-bond donors (Lipinski definition) is 1. The highest BCUT2D eigenvalue weighted by molar-refractivity contribution is 5.44. The Kier molecular flexibility index (Phi) is 3.69. The Hall–Kier alpha value is -1.80. The van der Waals surface area contributed by atoms with E-state index in [1.165, 1.54) is 16.7 Å². The number of rotatable bonds is 2. The summed E-state index contributed by atoms with van der Waals surface area (Å²) >= 11 is 0. The summed E-state index contributed by atoms with van der Waals surface area (Å²) in [6.45, 7) is 8.27. The van der Waals surface area contributed by atoms with E-state index in [1.54, 1.807) is 0 Å². The third kappa shape index (κ3) is 2.28. The average molecular weight is 321 g/mol. The topological polar surface area (TPSA) is 23.5 Å². The second kappa shape index (κ2) is 5.63. The molecule has 24 heavy (non-hydrogen) atoms. The van der Waals surface area contributed by atoms with E-state index >= 15 is 0 Å². The van der Waals surface area contributed by atoms with Gasteiger partial charge in [-0.1, -0.05) is 50.2 Å². The SMILES string of the molecule is C[C@H](c1ccccc1)N1CC[C@@]2(C)c3cc(O)ccc3C[C@H]1[C@H]2C. The van der Waals surface area contributed by atoms with Gasteiger partial charge >= 0.3 is 0 Å². The molecule has 1 heterocycles. The Morgan fingerprint density at radius 1 is 1.17 bits per heavy atom. The Morgan fingerprint density at radius 3 is 2.67 bits per heavy atom. The van der Waals surface area contributed by atoms with Gasteiger partial charge in [-0.25, -0.2) is 0 Å². The lowest BCUT2D eigenvalue weighted by Crippen LogP contribution is -2.58. The Labute approximate surface area is 145 Å². The second-order valence-corrected chi connectivity index (χ2v) is 7.89. The summed E-state index contributed by atoms with van der Waals surface area (Å²) in [6.07, 6.45) is 2.24. The smallest absolute Gasteiger partial charge is 0.115 e. The number of aromatic hydroxyl groups is 1. The van der Waals surface area contributed by atoms with Crippen LogP contribution in [0.5, 0.6) is 5.75 Å². The maximum absolute atomic E-state index is 9.96. The largest absolute Gasteiger partial charge is 0.508 e. The fourth-order valence-corrected chi connectivity index (χ4v) is 5.04. The maximum atomic E-state index is 9.96. The first kappa shape index (κ1) is 15.7. The molecular weight excluding hydrogens is 294 g/mol. The molecule has 1 fully saturated rings. The van der Waals surface area contributed by atoms with Crippen LogP contribution in [0.1, 0.15) is 49.9 Å². The highest BCUT2D eigenvalue weighted by atomic mass is 16.3. The van der Waals surface area contributed by atoms with Crippen LogP contribution < -0.4 is 0 Å². The summed E-state index contributed by atoms with van der Waals surface area (Å²) in [5.41, 5.74) is 4.37. The molecule has 1 aliphatic heterocycles. The van der Waals surface area contributed by atoms with E-state index < -0.39 is 0 Å². The zero-order valence-electron chi connectivity index (χ0n) is 14.9. The number of piperidine rings is 1. The summed E-state index contributed by atoms with van der Waals surface area (Å²) in [5.74, 6) is 0.993. The summed E-state index contributed by atoms with van der Waals surface area (Å²) < 4.78 is 0. The number of benzene rings is 2. The maximum Gasteiger partial charge on any atom is 0.115 e. The van der Waals surface area contributed by atoms with Crippen LogP contribution in [0, 0.1) is 5.92 Å². The van der Waals surface area contributed by atoms with Gasteiger partial charge in [0.2, 0.25) is 0 Å². The highest BCUT2D eigenvalue weighted by Crippen LogP contribution is 2.50. The molecule has 4 atom stereocenters. The fourth-order valence-electron chi connectivity index (χ4n) is 5.04. The van der Waals surface area contributed by atoms with Crippen molar-refractivity contribution in [3.63, 3.8) is 0 Å². The molecule has 2 aromatic carbocycles. The van der Waals surface area contributed by atoms with Gasteiger partial charge in [0.15, 0.2) is 0 Å². The van der Waals surface area contributed by atoms with Crippen molar-refractivity contribution in [1.82, 2.24) is 4.90 Å². The summed E-state index contributed by atoms with van der Waals surface area (Å²) in [7, 11) is 0. The highest BCUT2D eigenvalue weighted by Gasteiger charge is 2.49. The van der Waals surface area contributed by atoms with Crippen molar-refractivity contribution in [2.75, 3.05) is 6.54 Å². The molecule has 2 nitrogen and oxygen atoms in total. The molecule has 0 amide bonds. The molecule has 2 bridgehead atoms. The first-order chi connectivity index (χ1) is 11.5. The molecular formula is C22H27NO. The zero-order valence-corrected chi connectivity index (χ0v) is 14.9. The van der Waals surface area contributed by atoms with E-state index in [0.29, 0.717) is 23.8 Å². The van der Waals surface area contributed by atoms with Crippen molar-refractivity contribution < 1.29 is 5.11 Å². The van der Waals surface area contributed by atoms with Crippen LogP contribution in [0.25, 0.3) is 0 Å². The van der Waals surface area contributed by atoms with Gasteiger partial charge in [-0.3, -0.25) is 4.90 Å². The van der Waals surface area contributed by atoms with E-state index in [0.717, 1.165) is 19.4 Å². The molecule has 1 N–H and O–H groups in total. The predicted molar refractivity (Wildman–Crippen MR) is 98.3 cm³/mol. The molecule has 4 rings (SSSR count). The summed E-state index contributed by atoms with van der Waals surface area (Å²) in [5, 5.41) is 9.96. The predicted octanol–water partition coefficient (Wildman–Crippen LogP) is 4.68. The summed E-state index contributed by atoms with van der Waals surface area (Å²) in [6, 6.07) is 17.9. The van der Waals surface area contributed by atoms with E-state index in [2.05, 4.69) is 62.1 Å². The van der Waals surface area contributed by atoms with Crippen molar-refractivity contribution in [3.8, 4) is 5.75 Å². The van der Waals surface area contributed by atoms with Crippen LogP contribution in [0.3, 0.4) is 0 Å². The number of nitrogens with zero attached hydrogens (tertiary/aromatic N) is 1. The normalized spacial score (nSPS) is 30.6. The summed E-state index contributed by atoms with van der Waals surface area (Å²) in [4.78, 5) is 2.71. The van der Waals surface area contributed by atoms with Crippen LogP contribution in [0.15, 0.2) is 48.5 Å². The molecule has 2 aromatic rings. The monoisotopic (exact) mass is 321 g/mol. The van der Waals surface area contributed by atoms with Gasteiger partial charge in [-0.05, 0) is 66.5 Å². The molecule has 0 aromatic heterocycles. The molecule has 1 aliphatic carbocycles. The minimum atomic E-state index is 0.171. The standard InChI is InChI=1S/C22H27NO/c1-15-21-13-18-9-10-19(24)14-20(18)22(15,3)11-12-23(21)16(2)17-7-5-4-6-8-17/h4-10,14-16,21,24H,11-13H2,1-3H3/t15-,16-,21+,22-/m1/s1. The number of hydrogen-bond acceptors (Lipinski definition) is 2. The van der Waals surface area contributed by atoms with Crippen LogP contribution in [0.4, 0.5) is 0 Å². The lowest BCUT2D eigenvalue weighted by Gasteiger charge is -2.56. The number of likely N-dealkylation sites (tertiary alicyclic amines) is 1. The quantitative estimate of drug-likeness (QED) is 0.868. The second-order valence-electron chi connectivity index (χ2n) is 7.89. The zero-order chi connectivity index (χ0) is 16.9. The number of fused-ring (bicyclic) bond motifs is 4. The molecule has 2 aliphatic rings. The lowest BCUT2D eigenvalue weighted by atomic mass is 9.58. The van der Waals surface area contributed by atoms with Crippen LogP contribution >= 0.6 is 0 Å². The van der Waals surface area contributed by atoms with E-state index in [4.69, 9.17) is 0 Å². The van der Waals surface area contributed by atoms with Gasteiger partial charge in [-0.2, -0.15) is 0 Å². The lowest BCUT2D eigenvalue weighted by molar-refractivity contribution is 0.00554. The van der Waals surface area contributed by atoms with Gasteiger partial charge in [-0.15, -0.1) is 0 Å². The van der Waals surface area contributed by atoms with E-state index in [-0.39, 0.29) is 5.41 Å². The van der Waals surface area contributed by atoms with Crippen LogP contribution in [0.2, 0.25) is 0 Å². The van der Waals surface area contributed by atoms with Crippen molar-refractivity contribution in [2.45, 2.75) is 51.1 Å². The molecule has 1 saturated heterocycles. The minimum absolute atomic E-state index is 0.171. The van der Waals surface area contributed by atoms with Gasteiger partial charge in [0.05, 0.1) is 0 Å². The molecule has 126 valence electrons. The average Bonchev–Trinajstić information content (AvgIpc) is 2.59. The van der Waals surface area contributed by atoms with Gasteiger partial charge < -0.3 is 5.11 Å². The van der Waals surface area contributed by atoms with Crippen molar-refractivity contribution in [1.29, 1.82) is 0 Å². The number of phenolic OH excluding ortho intramolecular Hbond substituents is 1. The molecule has 0 saturated carbocycles. The Bertz CT molecular complexity index is 741. The van der Waals surface area contributed by atoms with Crippen molar-refractivity contribution in [2.24, 2.45) is 5.92 Å². The van der Waals surface area contributed by atoms with Gasteiger partial charge in [0.25, 0.3) is 0 Å². The first-order valence-corrected chi connectivity index (χ1v) is 9.14. The van der Waals surface area contributed by atoms with Gasteiger partial charge in [0, 0.05) is 12.1 Å². The molecule has 0 radical (unpaired) electrons. The third-order valence-electron chi connectivity index (χ3n) is 6.81. The van der Waals surface area contributed by atoms with Crippen molar-refractivity contribution >= 4 is 0 Å². The Balaban J connectivity index is 1.71. The van der Waals surface area contributed by atoms with Crippen LogP contribution in [-0.2, 0) is 11.8 Å². The molecule has 2 heteroatoms.